The normalized spacial score (nSPS) is 15.0. The summed E-state index contributed by atoms with van der Waals surface area (Å²) in [5.74, 6) is 0. The highest BCUT2D eigenvalue weighted by Crippen LogP contribution is 2.45. The van der Waals surface area contributed by atoms with E-state index < -0.39 is 5.54 Å². The van der Waals surface area contributed by atoms with Gasteiger partial charge in [0.15, 0.2) is 5.54 Å². The quantitative estimate of drug-likeness (QED) is 0.719. The molecule has 0 saturated carbocycles. The summed E-state index contributed by atoms with van der Waals surface area (Å²) >= 11 is 0. The first-order chi connectivity index (χ1) is 7.77. The predicted octanol–water partition coefficient (Wildman–Crippen LogP) is 2.39. The van der Waals surface area contributed by atoms with Crippen molar-refractivity contribution >= 4 is 0 Å². The van der Waals surface area contributed by atoms with E-state index in [0.717, 1.165) is 22.3 Å². The molecule has 0 bridgehead atoms. The molecule has 0 aliphatic heterocycles. The molecule has 0 unspecified atom stereocenters. The third-order valence-corrected chi connectivity index (χ3v) is 3.17. The Morgan fingerprint density at radius 3 is 1.75 bits per heavy atom. The van der Waals surface area contributed by atoms with Crippen LogP contribution in [-0.4, -0.2) is 0 Å². The number of fused-ring (bicyclic) bond motifs is 3. The minimum Gasteiger partial charge on any atom is -0.306 e. The first-order valence-corrected chi connectivity index (χ1v) is 5.17. The molecule has 0 fully saturated rings. The minimum atomic E-state index is -0.993. The van der Waals surface area contributed by atoms with Gasteiger partial charge in [0.25, 0.3) is 0 Å². The van der Waals surface area contributed by atoms with E-state index >= 15 is 0 Å². The Morgan fingerprint density at radius 1 is 0.875 bits per heavy atom. The van der Waals surface area contributed by atoms with E-state index in [1.54, 1.807) is 0 Å². The van der Waals surface area contributed by atoms with E-state index in [0.29, 0.717) is 0 Å². The van der Waals surface area contributed by atoms with Crippen LogP contribution in [0.4, 0.5) is 0 Å². The van der Waals surface area contributed by atoms with Crippen LogP contribution in [0.25, 0.3) is 11.1 Å². The van der Waals surface area contributed by atoms with E-state index in [2.05, 4.69) is 6.07 Å². The minimum absolute atomic E-state index is 0.902. The molecule has 1 aliphatic carbocycles. The lowest BCUT2D eigenvalue weighted by Crippen LogP contribution is -2.33. The zero-order valence-electron chi connectivity index (χ0n) is 8.64. The van der Waals surface area contributed by atoms with Gasteiger partial charge in [0, 0.05) is 0 Å². The Kier molecular flexibility index (Phi) is 1.68. The van der Waals surface area contributed by atoms with Gasteiger partial charge in [-0.2, -0.15) is 5.26 Å². The topological polar surface area (TPSA) is 49.8 Å². The van der Waals surface area contributed by atoms with Crippen LogP contribution < -0.4 is 5.73 Å². The van der Waals surface area contributed by atoms with Crippen LogP contribution in [0.3, 0.4) is 0 Å². The summed E-state index contributed by atoms with van der Waals surface area (Å²) in [5.41, 5.74) is 9.17. The van der Waals surface area contributed by atoms with Crippen LogP contribution in [-0.2, 0) is 5.54 Å². The van der Waals surface area contributed by atoms with E-state index in [-0.39, 0.29) is 0 Å². The Bertz CT molecular complexity index is 563. The van der Waals surface area contributed by atoms with Gasteiger partial charge in [-0.05, 0) is 22.3 Å². The zero-order chi connectivity index (χ0) is 11.2. The zero-order valence-corrected chi connectivity index (χ0v) is 8.64. The molecule has 0 aromatic heterocycles. The average molecular weight is 206 g/mol. The van der Waals surface area contributed by atoms with Gasteiger partial charge in [0.2, 0.25) is 0 Å². The maximum atomic E-state index is 9.34. The fraction of sp³-hybridized carbons (Fsp3) is 0.0714. The predicted molar refractivity (Wildman–Crippen MR) is 62.5 cm³/mol. The molecule has 2 aromatic rings. The second-order valence-corrected chi connectivity index (χ2v) is 4.01. The third kappa shape index (κ3) is 0.932. The molecular formula is C14H10N2. The lowest BCUT2D eigenvalue weighted by molar-refractivity contribution is 0.719. The van der Waals surface area contributed by atoms with E-state index in [4.69, 9.17) is 5.73 Å². The van der Waals surface area contributed by atoms with Crippen molar-refractivity contribution in [1.29, 1.82) is 5.26 Å². The molecule has 0 radical (unpaired) electrons. The van der Waals surface area contributed by atoms with Crippen molar-refractivity contribution in [3.63, 3.8) is 0 Å². The molecule has 0 saturated heterocycles. The fourth-order valence-corrected chi connectivity index (χ4v) is 2.39. The Morgan fingerprint density at radius 2 is 1.31 bits per heavy atom. The number of hydrogen-bond donors (Lipinski definition) is 1. The molecule has 16 heavy (non-hydrogen) atoms. The molecule has 2 heteroatoms. The highest BCUT2D eigenvalue weighted by atomic mass is 14.8. The summed E-state index contributed by atoms with van der Waals surface area (Å²) < 4.78 is 0. The smallest absolute Gasteiger partial charge is 0.156 e. The van der Waals surface area contributed by atoms with Crippen molar-refractivity contribution in [2.75, 3.05) is 0 Å². The van der Waals surface area contributed by atoms with Crippen molar-refractivity contribution < 1.29 is 0 Å². The molecule has 76 valence electrons. The molecule has 2 aromatic carbocycles. The summed E-state index contributed by atoms with van der Waals surface area (Å²) in [5, 5.41) is 9.34. The van der Waals surface area contributed by atoms with Gasteiger partial charge in [0.1, 0.15) is 0 Å². The molecule has 1 aliphatic rings. The molecule has 0 heterocycles. The lowest BCUT2D eigenvalue weighted by Gasteiger charge is -2.17. The van der Waals surface area contributed by atoms with Crippen molar-refractivity contribution in [3.8, 4) is 17.2 Å². The molecular weight excluding hydrogens is 196 g/mol. The summed E-state index contributed by atoms with van der Waals surface area (Å²) in [6.45, 7) is 0. The van der Waals surface area contributed by atoms with Gasteiger partial charge in [-0.3, -0.25) is 0 Å². The van der Waals surface area contributed by atoms with Gasteiger partial charge in [-0.15, -0.1) is 0 Å². The SMILES string of the molecule is N#CC1(N)c2ccccc2-c2ccccc21. The third-order valence-electron chi connectivity index (χ3n) is 3.17. The molecule has 0 atom stereocenters. The number of nitrogens with zero attached hydrogens (tertiary/aromatic N) is 1. The molecule has 0 spiro atoms. The Labute approximate surface area is 93.9 Å². The van der Waals surface area contributed by atoms with Crippen LogP contribution in [0.1, 0.15) is 11.1 Å². The summed E-state index contributed by atoms with van der Waals surface area (Å²) in [7, 11) is 0. The lowest BCUT2D eigenvalue weighted by atomic mass is 9.90. The Hall–Kier alpha value is -2.11. The first kappa shape index (κ1) is 9.14. The van der Waals surface area contributed by atoms with Crippen LogP contribution >= 0.6 is 0 Å². The molecule has 2 nitrogen and oxygen atoms in total. The number of nitrogens with two attached hydrogens (primary N) is 1. The number of rotatable bonds is 0. The standard InChI is InChI=1S/C14H10N2/c15-9-14(16)12-7-3-1-5-10(12)11-6-2-4-8-13(11)14/h1-8H,16H2. The maximum absolute atomic E-state index is 9.34. The number of benzene rings is 2. The van der Waals surface area contributed by atoms with Crippen molar-refractivity contribution in [3.05, 3.63) is 59.7 Å². The van der Waals surface area contributed by atoms with Crippen LogP contribution in [0.15, 0.2) is 48.5 Å². The van der Waals surface area contributed by atoms with Crippen molar-refractivity contribution in [2.24, 2.45) is 5.73 Å². The van der Waals surface area contributed by atoms with Crippen LogP contribution in [0.5, 0.6) is 0 Å². The Balaban J connectivity index is 2.45. The van der Waals surface area contributed by atoms with Crippen molar-refractivity contribution in [1.82, 2.24) is 0 Å². The highest BCUT2D eigenvalue weighted by Gasteiger charge is 2.39. The first-order valence-electron chi connectivity index (χ1n) is 5.17. The maximum Gasteiger partial charge on any atom is 0.156 e. The monoisotopic (exact) mass is 206 g/mol. The van der Waals surface area contributed by atoms with Crippen molar-refractivity contribution in [2.45, 2.75) is 5.54 Å². The van der Waals surface area contributed by atoms with Gasteiger partial charge in [0.05, 0.1) is 6.07 Å². The summed E-state index contributed by atoms with van der Waals surface area (Å²) in [4.78, 5) is 0. The van der Waals surface area contributed by atoms with Gasteiger partial charge >= 0.3 is 0 Å². The van der Waals surface area contributed by atoms with Gasteiger partial charge < -0.3 is 5.73 Å². The highest BCUT2D eigenvalue weighted by molar-refractivity contribution is 5.82. The second kappa shape index (κ2) is 2.94. The molecule has 2 N–H and O–H groups in total. The molecule has 0 amide bonds. The summed E-state index contributed by atoms with van der Waals surface area (Å²) in [6, 6.07) is 17.9. The van der Waals surface area contributed by atoms with Gasteiger partial charge in [-0.25, -0.2) is 0 Å². The van der Waals surface area contributed by atoms with E-state index in [9.17, 15) is 5.26 Å². The van der Waals surface area contributed by atoms with Gasteiger partial charge in [-0.1, -0.05) is 48.5 Å². The van der Waals surface area contributed by atoms with Crippen LogP contribution in [0.2, 0.25) is 0 Å². The van der Waals surface area contributed by atoms with Crippen LogP contribution in [0, 0.1) is 11.3 Å². The van der Waals surface area contributed by atoms with E-state index in [1.165, 1.54) is 0 Å². The van der Waals surface area contributed by atoms with E-state index in [1.807, 2.05) is 48.5 Å². The fourth-order valence-electron chi connectivity index (χ4n) is 2.39. The summed E-state index contributed by atoms with van der Waals surface area (Å²) in [6.07, 6.45) is 0. The second-order valence-electron chi connectivity index (χ2n) is 4.01. The molecule has 3 rings (SSSR count). The largest absolute Gasteiger partial charge is 0.306 e. The number of hydrogen-bond acceptors (Lipinski definition) is 2. The number of nitriles is 1. The average Bonchev–Trinajstić information content (AvgIpc) is 2.62.